The molecule has 4 bridgehead atoms. The molecule has 2 N–H and O–H groups in total. The fourth-order valence-electron chi connectivity index (χ4n) is 5.08. The predicted octanol–water partition coefficient (Wildman–Crippen LogP) is 2.69. The van der Waals surface area contributed by atoms with Gasteiger partial charge in [-0.2, -0.15) is 0 Å². The zero-order valence-electron chi connectivity index (χ0n) is 11.0. The van der Waals surface area contributed by atoms with Crippen molar-refractivity contribution in [2.45, 2.75) is 44.9 Å². The number of hydrogen-bond donors (Lipinski definition) is 2. The first-order chi connectivity index (χ1) is 8.96. The number of hydrogen-bond acceptors (Lipinski definition) is 2. The van der Waals surface area contributed by atoms with Crippen LogP contribution >= 0.6 is 0 Å². The summed E-state index contributed by atoms with van der Waals surface area (Å²) in [5.41, 5.74) is 0.0622. The Morgan fingerprint density at radius 1 is 1.00 bits per heavy atom. The smallest absolute Gasteiger partial charge is 0.331 e. The lowest BCUT2D eigenvalue weighted by molar-refractivity contribution is -0.139. The van der Waals surface area contributed by atoms with Crippen LogP contribution in [0.4, 0.5) is 0 Å². The Bertz CT molecular complexity index is 414. The van der Waals surface area contributed by atoms with E-state index in [4.69, 9.17) is 5.11 Å². The summed E-state index contributed by atoms with van der Waals surface area (Å²) in [5.74, 6) is 0.0867. The highest BCUT2D eigenvalue weighted by Gasteiger charge is 2.50. The molecule has 4 heteroatoms. The van der Waals surface area contributed by atoms with Crippen LogP contribution in [0, 0.1) is 23.2 Å². The summed E-state index contributed by atoms with van der Waals surface area (Å²) in [6.45, 7) is 0. The highest BCUT2D eigenvalue weighted by molar-refractivity contribution is 5.92. The Balaban J connectivity index is 1.87. The van der Waals surface area contributed by atoms with Crippen molar-refractivity contribution in [1.82, 2.24) is 0 Å². The van der Waals surface area contributed by atoms with E-state index < -0.39 is 11.9 Å². The maximum Gasteiger partial charge on any atom is 0.331 e. The van der Waals surface area contributed by atoms with E-state index in [-0.39, 0.29) is 17.4 Å². The lowest BCUT2D eigenvalue weighted by Crippen LogP contribution is -2.45. The fraction of sp³-hybridized carbons (Fsp3) is 0.733. The van der Waals surface area contributed by atoms with Crippen molar-refractivity contribution in [3.8, 4) is 0 Å². The van der Waals surface area contributed by atoms with Crippen molar-refractivity contribution in [3.05, 3.63) is 11.6 Å². The van der Waals surface area contributed by atoms with E-state index in [0.29, 0.717) is 0 Å². The quantitative estimate of drug-likeness (QED) is 0.765. The van der Waals surface area contributed by atoms with Crippen LogP contribution in [-0.2, 0) is 9.59 Å². The summed E-state index contributed by atoms with van der Waals surface area (Å²) >= 11 is 0. The standard InChI is InChI=1S/C15H20O4/c16-13(17)4-12(14(18)19)8-15-5-9-1-10(6-15)3-11(2-9)7-15/h8-11H,1-7H2,(H,16,17)(H,18,19)/b12-8-. The molecule has 19 heavy (non-hydrogen) atoms. The van der Waals surface area contributed by atoms with Gasteiger partial charge in [-0.15, -0.1) is 0 Å². The monoisotopic (exact) mass is 264 g/mol. The van der Waals surface area contributed by atoms with Crippen LogP contribution in [0.25, 0.3) is 0 Å². The molecule has 0 aromatic rings. The molecule has 4 saturated carbocycles. The lowest BCUT2D eigenvalue weighted by atomic mass is 9.49. The predicted molar refractivity (Wildman–Crippen MR) is 68.6 cm³/mol. The summed E-state index contributed by atoms with van der Waals surface area (Å²) < 4.78 is 0. The van der Waals surface area contributed by atoms with E-state index >= 15 is 0 Å². The molecule has 0 aromatic heterocycles. The molecule has 0 saturated heterocycles. The number of carboxylic acids is 2. The average molecular weight is 264 g/mol. The van der Waals surface area contributed by atoms with Gasteiger partial charge in [0.2, 0.25) is 0 Å². The second-order valence-electron chi connectivity index (χ2n) is 6.83. The topological polar surface area (TPSA) is 74.6 Å². The van der Waals surface area contributed by atoms with Crippen LogP contribution < -0.4 is 0 Å². The van der Waals surface area contributed by atoms with Gasteiger partial charge in [0.15, 0.2) is 0 Å². The third-order valence-electron chi connectivity index (χ3n) is 5.18. The van der Waals surface area contributed by atoms with Gasteiger partial charge in [-0.1, -0.05) is 6.08 Å². The number of carbonyl (C=O) groups is 2. The van der Waals surface area contributed by atoms with Gasteiger partial charge in [-0.25, -0.2) is 4.79 Å². The maximum absolute atomic E-state index is 11.2. The second-order valence-corrected chi connectivity index (χ2v) is 6.83. The van der Waals surface area contributed by atoms with Crippen LogP contribution in [0.15, 0.2) is 11.6 Å². The molecule has 0 amide bonds. The number of aliphatic carboxylic acids is 2. The Kier molecular flexibility index (Phi) is 2.91. The van der Waals surface area contributed by atoms with Gasteiger partial charge in [0.25, 0.3) is 0 Å². The fourth-order valence-corrected chi connectivity index (χ4v) is 5.08. The number of carboxylic acid groups (broad SMARTS) is 2. The first kappa shape index (κ1) is 12.7. The van der Waals surface area contributed by atoms with Gasteiger partial charge in [0, 0.05) is 5.57 Å². The minimum absolute atomic E-state index is 0.0159. The first-order valence-electron chi connectivity index (χ1n) is 7.12. The van der Waals surface area contributed by atoms with Gasteiger partial charge >= 0.3 is 11.9 Å². The molecule has 0 unspecified atom stereocenters. The van der Waals surface area contributed by atoms with E-state index in [2.05, 4.69) is 0 Å². The van der Waals surface area contributed by atoms with E-state index in [1.54, 1.807) is 0 Å². The van der Waals surface area contributed by atoms with Crippen LogP contribution in [0.3, 0.4) is 0 Å². The third-order valence-corrected chi connectivity index (χ3v) is 5.18. The molecule has 0 aromatic carbocycles. The highest BCUT2D eigenvalue weighted by Crippen LogP contribution is 2.60. The van der Waals surface area contributed by atoms with Gasteiger partial charge < -0.3 is 10.2 Å². The molecule has 0 atom stereocenters. The molecular formula is C15H20O4. The molecule has 0 aliphatic heterocycles. The summed E-state index contributed by atoms with van der Waals surface area (Å²) in [5, 5.41) is 18.0. The van der Waals surface area contributed by atoms with Gasteiger partial charge in [-0.3, -0.25) is 4.79 Å². The molecule has 0 spiro atoms. The summed E-state index contributed by atoms with van der Waals surface area (Å²) in [4.78, 5) is 22.0. The molecule has 104 valence electrons. The van der Waals surface area contributed by atoms with Crippen LogP contribution in [0.2, 0.25) is 0 Å². The van der Waals surface area contributed by atoms with Crippen LogP contribution in [0.1, 0.15) is 44.9 Å². The Morgan fingerprint density at radius 2 is 1.47 bits per heavy atom. The molecule has 0 radical (unpaired) electrons. The maximum atomic E-state index is 11.2. The zero-order valence-corrected chi connectivity index (χ0v) is 11.0. The molecule has 4 aliphatic carbocycles. The van der Waals surface area contributed by atoms with E-state index in [1.165, 1.54) is 19.3 Å². The molecular weight excluding hydrogens is 244 g/mol. The van der Waals surface area contributed by atoms with Crippen molar-refractivity contribution >= 4 is 11.9 Å². The Hall–Kier alpha value is -1.32. The van der Waals surface area contributed by atoms with Crippen molar-refractivity contribution in [3.63, 3.8) is 0 Å². The second kappa shape index (κ2) is 4.36. The van der Waals surface area contributed by atoms with Crippen molar-refractivity contribution in [1.29, 1.82) is 0 Å². The Morgan fingerprint density at radius 3 is 1.84 bits per heavy atom. The lowest BCUT2D eigenvalue weighted by Gasteiger charge is -2.56. The van der Waals surface area contributed by atoms with Crippen LogP contribution in [0.5, 0.6) is 0 Å². The van der Waals surface area contributed by atoms with Gasteiger partial charge in [0.05, 0.1) is 6.42 Å². The van der Waals surface area contributed by atoms with Crippen LogP contribution in [-0.4, -0.2) is 22.2 Å². The summed E-state index contributed by atoms with van der Waals surface area (Å²) in [6, 6.07) is 0. The van der Waals surface area contributed by atoms with Crippen molar-refractivity contribution < 1.29 is 19.8 Å². The SMILES string of the molecule is O=C(O)C/C(=C/C12CC3CC(CC(C3)C1)C2)C(=O)O. The third kappa shape index (κ3) is 2.40. The van der Waals surface area contributed by atoms with Crippen molar-refractivity contribution in [2.75, 3.05) is 0 Å². The summed E-state index contributed by atoms with van der Waals surface area (Å²) in [7, 11) is 0. The normalized spacial score (nSPS) is 40.4. The van der Waals surface area contributed by atoms with E-state index in [1.807, 2.05) is 6.08 Å². The van der Waals surface area contributed by atoms with E-state index in [0.717, 1.165) is 37.0 Å². The molecule has 4 nitrogen and oxygen atoms in total. The number of allylic oxidation sites excluding steroid dienone is 1. The van der Waals surface area contributed by atoms with Crippen molar-refractivity contribution in [2.24, 2.45) is 23.2 Å². The number of rotatable bonds is 4. The highest BCUT2D eigenvalue weighted by atomic mass is 16.4. The first-order valence-corrected chi connectivity index (χ1v) is 7.12. The molecule has 4 rings (SSSR count). The Labute approximate surface area is 112 Å². The molecule has 4 fully saturated rings. The van der Waals surface area contributed by atoms with E-state index in [9.17, 15) is 14.7 Å². The minimum atomic E-state index is -1.07. The largest absolute Gasteiger partial charge is 0.481 e. The van der Waals surface area contributed by atoms with Gasteiger partial charge in [0.1, 0.15) is 0 Å². The zero-order chi connectivity index (χ0) is 13.6. The molecule has 0 heterocycles. The summed E-state index contributed by atoms with van der Waals surface area (Å²) in [6.07, 6.45) is 8.54. The van der Waals surface area contributed by atoms with Gasteiger partial charge in [-0.05, 0) is 61.7 Å². The molecule has 4 aliphatic rings. The average Bonchev–Trinajstić information content (AvgIpc) is 2.24. The minimum Gasteiger partial charge on any atom is -0.481 e.